The molecule has 2 aromatic rings. The molecule has 3 nitrogen and oxygen atoms in total. The number of benzene rings is 1. The van der Waals surface area contributed by atoms with Gasteiger partial charge in [-0.2, -0.15) is 0 Å². The second-order valence-electron chi connectivity index (χ2n) is 5.68. The summed E-state index contributed by atoms with van der Waals surface area (Å²) in [4.78, 5) is 0. The minimum absolute atomic E-state index is 0.655. The Morgan fingerprint density at radius 3 is 2.58 bits per heavy atom. The minimum Gasteiger partial charge on any atom is -0.461 e. The molecular weight excluding hydrogens is 322 g/mol. The van der Waals surface area contributed by atoms with E-state index in [0.29, 0.717) is 13.2 Å². The van der Waals surface area contributed by atoms with E-state index in [2.05, 4.69) is 43.1 Å². The Morgan fingerprint density at radius 2 is 1.96 bits per heavy atom. The smallest absolute Gasteiger partial charge is 0.133 e. The van der Waals surface area contributed by atoms with Crippen molar-refractivity contribution in [3.8, 4) is 0 Å². The third-order valence-corrected chi connectivity index (χ3v) is 3.79. The van der Waals surface area contributed by atoms with Crippen LogP contribution in [0.3, 0.4) is 0 Å². The predicted molar refractivity (Wildman–Crippen MR) is 111 cm³/mol. The SMILES string of the molecule is C=c1cc(CC)o/c1=C/C(=C\C)CNCCOCc1ccccc1.CC. The summed E-state index contributed by atoms with van der Waals surface area (Å²) in [6.07, 6.45) is 5.03. The van der Waals surface area contributed by atoms with E-state index in [0.717, 1.165) is 35.9 Å². The Hall–Kier alpha value is -2.10. The summed E-state index contributed by atoms with van der Waals surface area (Å²) in [5.74, 6) is 0.976. The molecule has 0 unspecified atom stereocenters. The van der Waals surface area contributed by atoms with Gasteiger partial charge in [-0.15, -0.1) is 0 Å². The molecule has 3 heteroatoms. The molecule has 0 amide bonds. The molecule has 0 fully saturated rings. The summed E-state index contributed by atoms with van der Waals surface area (Å²) in [7, 11) is 0. The monoisotopic (exact) mass is 355 g/mol. The van der Waals surface area contributed by atoms with Crippen molar-refractivity contribution < 1.29 is 9.15 Å². The number of hydrogen-bond donors (Lipinski definition) is 1. The molecule has 0 spiro atoms. The lowest BCUT2D eigenvalue weighted by Crippen LogP contribution is -2.23. The van der Waals surface area contributed by atoms with Crippen molar-refractivity contribution in [2.24, 2.45) is 0 Å². The molecule has 2 rings (SSSR count). The molecule has 1 N–H and O–H groups in total. The standard InChI is InChI=1S/C21H27NO2.C2H6/c1-4-18(14-21-17(3)13-20(5-2)24-21)15-22-11-12-23-16-19-9-7-6-8-10-19;1-2/h4,6-10,13-14,22H,3,5,11-12,15-16H2,1-2H3;1-2H3/b18-4+,21-14+;. The summed E-state index contributed by atoms with van der Waals surface area (Å²) >= 11 is 0. The van der Waals surface area contributed by atoms with Crippen molar-refractivity contribution in [3.63, 3.8) is 0 Å². The lowest BCUT2D eigenvalue weighted by Gasteiger charge is -2.07. The first kappa shape index (κ1) is 21.9. The van der Waals surface area contributed by atoms with E-state index in [1.807, 2.05) is 45.0 Å². The summed E-state index contributed by atoms with van der Waals surface area (Å²) in [5.41, 5.74) is 3.23. The van der Waals surface area contributed by atoms with E-state index >= 15 is 0 Å². The van der Waals surface area contributed by atoms with E-state index in [1.165, 1.54) is 11.1 Å². The Balaban J connectivity index is 0.00000163. The van der Waals surface area contributed by atoms with Crippen LogP contribution in [0.4, 0.5) is 0 Å². The number of aryl methyl sites for hydroxylation is 1. The topological polar surface area (TPSA) is 34.4 Å². The van der Waals surface area contributed by atoms with Gasteiger partial charge in [-0.05, 0) is 30.2 Å². The zero-order valence-electron chi connectivity index (χ0n) is 16.7. The summed E-state index contributed by atoms with van der Waals surface area (Å²) < 4.78 is 11.4. The molecule has 26 heavy (non-hydrogen) atoms. The van der Waals surface area contributed by atoms with Gasteiger partial charge in [-0.25, -0.2) is 0 Å². The van der Waals surface area contributed by atoms with E-state index < -0.39 is 0 Å². The van der Waals surface area contributed by atoms with Gasteiger partial charge in [0.15, 0.2) is 0 Å². The van der Waals surface area contributed by atoms with Gasteiger partial charge >= 0.3 is 0 Å². The third kappa shape index (κ3) is 7.85. The number of ether oxygens (including phenoxy) is 1. The third-order valence-electron chi connectivity index (χ3n) is 3.79. The zero-order chi connectivity index (χ0) is 19.2. The van der Waals surface area contributed by atoms with E-state index in [-0.39, 0.29) is 0 Å². The highest BCUT2D eigenvalue weighted by Gasteiger charge is 1.98. The summed E-state index contributed by atoms with van der Waals surface area (Å²) in [5, 5.41) is 4.34. The molecule has 1 aromatic heterocycles. The van der Waals surface area contributed by atoms with Crippen molar-refractivity contribution in [1.29, 1.82) is 0 Å². The highest BCUT2D eigenvalue weighted by Crippen LogP contribution is 2.00. The summed E-state index contributed by atoms with van der Waals surface area (Å²) in [6, 6.07) is 12.2. The molecule has 0 saturated heterocycles. The van der Waals surface area contributed by atoms with Gasteiger partial charge < -0.3 is 14.5 Å². The lowest BCUT2D eigenvalue weighted by atomic mass is 10.2. The molecule has 1 heterocycles. The van der Waals surface area contributed by atoms with Crippen LogP contribution in [0.2, 0.25) is 0 Å². The highest BCUT2D eigenvalue weighted by molar-refractivity contribution is 5.45. The van der Waals surface area contributed by atoms with Crippen LogP contribution in [-0.4, -0.2) is 19.7 Å². The quantitative estimate of drug-likeness (QED) is 0.695. The first-order valence-electron chi connectivity index (χ1n) is 9.50. The van der Waals surface area contributed by atoms with Crippen LogP contribution < -0.4 is 16.0 Å². The van der Waals surface area contributed by atoms with E-state index in [1.54, 1.807) is 0 Å². The van der Waals surface area contributed by atoms with E-state index in [4.69, 9.17) is 9.15 Å². The molecule has 142 valence electrons. The average molecular weight is 356 g/mol. The molecule has 0 saturated carbocycles. The first-order valence-corrected chi connectivity index (χ1v) is 9.50. The molecule has 0 aliphatic heterocycles. The highest BCUT2D eigenvalue weighted by atomic mass is 16.5. The van der Waals surface area contributed by atoms with Crippen LogP contribution in [0.1, 0.15) is 39.0 Å². The largest absolute Gasteiger partial charge is 0.461 e. The zero-order valence-corrected chi connectivity index (χ0v) is 16.7. The Morgan fingerprint density at radius 1 is 1.23 bits per heavy atom. The van der Waals surface area contributed by atoms with Crippen LogP contribution in [0.15, 0.2) is 52.5 Å². The second kappa shape index (κ2) is 13.2. The number of furan rings is 1. The normalized spacial score (nSPS) is 12.0. The van der Waals surface area contributed by atoms with Crippen molar-refractivity contribution in [3.05, 3.63) is 70.0 Å². The Kier molecular flexibility index (Phi) is 11.1. The molecule has 0 radical (unpaired) electrons. The average Bonchev–Trinajstić information content (AvgIpc) is 3.05. The molecular formula is C23H33NO2. The van der Waals surface area contributed by atoms with Gasteiger partial charge in [0.1, 0.15) is 11.2 Å². The van der Waals surface area contributed by atoms with Gasteiger partial charge in [0.2, 0.25) is 0 Å². The molecule has 0 atom stereocenters. The van der Waals surface area contributed by atoms with Gasteiger partial charge in [0.05, 0.1) is 13.2 Å². The maximum absolute atomic E-state index is 5.78. The molecule has 0 bridgehead atoms. The van der Waals surface area contributed by atoms with Gasteiger partial charge in [-0.1, -0.05) is 63.8 Å². The van der Waals surface area contributed by atoms with Crippen LogP contribution in [-0.2, 0) is 17.8 Å². The number of hydrogen-bond acceptors (Lipinski definition) is 3. The van der Waals surface area contributed by atoms with Gasteiger partial charge in [-0.3, -0.25) is 0 Å². The fourth-order valence-corrected chi connectivity index (χ4v) is 2.34. The number of rotatable bonds is 9. The Labute approximate surface area is 158 Å². The van der Waals surface area contributed by atoms with Crippen LogP contribution in [0.25, 0.3) is 12.7 Å². The minimum atomic E-state index is 0.655. The van der Waals surface area contributed by atoms with Gasteiger partial charge in [0, 0.05) is 24.7 Å². The fraction of sp³-hybridized carbons (Fsp3) is 0.391. The van der Waals surface area contributed by atoms with E-state index in [9.17, 15) is 0 Å². The predicted octanol–water partition coefficient (Wildman–Crippen LogP) is 3.81. The van der Waals surface area contributed by atoms with Crippen LogP contribution in [0.5, 0.6) is 0 Å². The van der Waals surface area contributed by atoms with Crippen LogP contribution in [0, 0.1) is 0 Å². The Bertz CT molecular complexity index is 744. The van der Waals surface area contributed by atoms with Crippen LogP contribution >= 0.6 is 0 Å². The van der Waals surface area contributed by atoms with Gasteiger partial charge in [0.25, 0.3) is 0 Å². The lowest BCUT2D eigenvalue weighted by molar-refractivity contribution is 0.123. The fourth-order valence-electron chi connectivity index (χ4n) is 2.34. The maximum atomic E-state index is 5.78. The maximum Gasteiger partial charge on any atom is 0.133 e. The van der Waals surface area contributed by atoms with Crippen molar-refractivity contribution in [2.45, 2.75) is 40.7 Å². The summed E-state index contributed by atoms with van der Waals surface area (Å²) in [6.45, 7) is 15.1. The first-order chi connectivity index (χ1) is 12.7. The molecule has 1 aromatic carbocycles. The van der Waals surface area contributed by atoms with Crippen molar-refractivity contribution in [1.82, 2.24) is 5.32 Å². The molecule has 0 aliphatic carbocycles. The second-order valence-corrected chi connectivity index (χ2v) is 5.68. The number of allylic oxidation sites excluding steroid dienone is 1. The number of nitrogens with one attached hydrogen (secondary N) is 1. The van der Waals surface area contributed by atoms with Crippen molar-refractivity contribution in [2.75, 3.05) is 19.7 Å². The van der Waals surface area contributed by atoms with Crippen molar-refractivity contribution >= 4 is 12.7 Å². The molecule has 0 aliphatic rings.